The number of piperidine rings is 1. The molecule has 2 aromatic carbocycles. The van der Waals surface area contributed by atoms with Crippen molar-refractivity contribution in [2.75, 3.05) is 30.3 Å². The van der Waals surface area contributed by atoms with Crippen LogP contribution in [0, 0.1) is 5.82 Å². The van der Waals surface area contributed by atoms with Crippen molar-refractivity contribution in [1.82, 2.24) is 5.32 Å². The Morgan fingerprint density at radius 1 is 1.12 bits per heavy atom. The van der Waals surface area contributed by atoms with Gasteiger partial charge in [-0.3, -0.25) is 0 Å². The molecule has 0 atom stereocenters. The third-order valence-electron chi connectivity index (χ3n) is 5.10. The van der Waals surface area contributed by atoms with Crippen LogP contribution in [0.15, 0.2) is 58.4 Å². The van der Waals surface area contributed by atoms with E-state index in [1.54, 1.807) is 6.07 Å². The van der Waals surface area contributed by atoms with E-state index in [2.05, 4.69) is 22.3 Å². The number of amidine groups is 1. The van der Waals surface area contributed by atoms with Crippen LogP contribution in [-0.2, 0) is 0 Å². The Hall–Kier alpha value is -2.05. The smallest absolute Gasteiger partial charge is 0.136 e. The molecule has 1 fully saturated rings. The molecule has 2 aromatic rings. The van der Waals surface area contributed by atoms with Gasteiger partial charge in [-0.05, 0) is 37.4 Å². The number of aliphatic imine (C=N–C) groups is 1. The number of fused-ring (bicyclic) bond motifs is 1. The summed E-state index contributed by atoms with van der Waals surface area (Å²) in [6.07, 6.45) is 1.75. The Bertz CT molecular complexity index is 803. The number of thioether (sulfide) groups is 1. The third kappa shape index (κ3) is 3.19. The second-order valence-corrected chi connectivity index (χ2v) is 7.84. The van der Waals surface area contributed by atoms with Crippen molar-refractivity contribution in [3.63, 3.8) is 0 Å². The van der Waals surface area contributed by atoms with Gasteiger partial charge in [-0.2, -0.15) is 0 Å². The van der Waals surface area contributed by atoms with Crippen LogP contribution >= 0.6 is 11.8 Å². The molecule has 0 radical (unpaired) electrons. The van der Waals surface area contributed by atoms with Gasteiger partial charge in [0.2, 0.25) is 0 Å². The lowest BCUT2D eigenvalue weighted by Crippen LogP contribution is -2.57. The van der Waals surface area contributed by atoms with Crippen molar-refractivity contribution in [2.24, 2.45) is 10.7 Å². The van der Waals surface area contributed by atoms with Crippen molar-refractivity contribution in [3.8, 4) is 0 Å². The first-order chi connectivity index (χ1) is 12.7. The zero-order chi connectivity index (χ0) is 18.0. The molecular formula is C20H23FN4S. The van der Waals surface area contributed by atoms with E-state index < -0.39 is 0 Å². The predicted octanol–water partition coefficient (Wildman–Crippen LogP) is 3.22. The average Bonchev–Trinajstić information content (AvgIpc) is 2.66. The molecule has 2 aliphatic rings. The van der Waals surface area contributed by atoms with Gasteiger partial charge in [-0.1, -0.05) is 24.3 Å². The summed E-state index contributed by atoms with van der Waals surface area (Å²) in [4.78, 5) is 8.33. The summed E-state index contributed by atoms with van der Waals surface area (Å²) in [5.74, 6) is 0.935. The van der Waals surface area contributed by atoms with Gasteiger partial charge in [-0.25, -0.2) is 9.38 Å². The van der Waals surface area contributed by atoms with Gasteiger partial charge in [0.05, 0.1) is 11.3 Å². The first-order valence-electron chi connectivity index (χ1n) is 9.00. The minimum atomic E-state index is -0.368. The SMILES string of the molecule is NC1=NC2(CCNCC2)N(CCSc2ccccc2)c2cccc(F)c21. The largest absolute Gasteiger partial charge is 0.383 e. The Balaban J connectivity index is 1.63. The van der Waals surface area contributed by atoms with Crippen molar-refractivity contribution in [1.29, 1.82) is 0 Å². The molecule has 1 saturated heterocycles. The molecule has 1 spiro atoms. The van der Waals surface area contributed by atoms with E-state index in [0.29, 0.717) is 11.4 Å². The molecule has 3 N–H and O–H groups in total. The van der Waals surface area contributed by atoms with Gasteiger partial charge >= 0.3 is 0 Å². The van der Waals surface area contributed by atoms with E-state index in [9.17, 15) is 4.39 Å². The molecule has 6 heteroatoms. The highest BCUT2D eigenvalue weighted by atomic mass is 32.2. The predicted molar refractivity (Wildman–Crippen MR) is 106 cm³/mol. The highest BCUT2D eigenvalue weighted by Gasteiger charge is 2.42. The lowest BCUT2D eigenvalue weighted by molar-refractivity contribution is 0.298. The Kier molecular flexibility index (Phi) is 4.87. The number of rotatable bonds is 4. The lowest BCUT2D eigenvalue weighted by Gasteiger charge is -2.48. The number of benzene rings is 2. The zero-order valence-electron chi connectivity index (χ0n) is 14.6. The first kappa shape index (κ1) is 17.4. The fourth-order valence-corrected chi connectivity index (χ4v) is 4.72. The highest BCUT2D eigenvalue weighted by Crippen LogP contribution is 2.39. The zero-order valence-corrected chi connectivity index (χ0v) is 15.4. The molecule has 0 amide bonds. The lowest BCUT2D eigenvalue weighted by atomic mass is 9.92. The van der Waals surface area contributed by atoms with Crippen molar-refractivity contribution >= 4 is 23.3 Å². The molecule has 4 nitrogen and oxygen atoms in total. The Morgan fingerprint density at radius 3 is 2.65 bits per heavy atom. The molecule has 0 aromatic heterocycles. The maximum atomic E-state index is 14.4. The fourth-order valence-electron chi connectivity index (χ4n) is 3.86. The van der Waals surface area contributed by atoms with E-state index in [-0.39, 0.29) is 11.5 Å². The second kappa shape index (κ2) is 7.29. The molecular weight excluding hydrogens is 347 g/mol. The number of anilines is 1. The van der Waals surface area contributed by atoms with E-state index >= 15 is 0 Å². The van der Waals surface area contributed by atoms with Crippen LogP contribution in [0.5, 0.6) is 0 Å². The van der Waals surface area contributed by atoms with Crippen LogP contribution in [0.4, 0.5) is 10.1 Å². The van der Waals surface area contributed by atoms with Crippen molar-refractivity contribution in [2.45, 2.75) is 23.4 Å². The minimum Gasteiger partial charge on any atom is -0.383 e. The van der Waals surface area contributed by atoms with Crippen molar-refractivity contribution < 1.29 is 4.39 Å². The summed E-state index contributed by atoms with van der Waals surface area (Å²) in [5.41, 5.74) is 7.14. The summed E-state index contributed by atoms with van der Waals surface area (Å²) < 4.78 is 14.4. The van der Waals surface area contributed by atoms with Gasteiger partial charge in [0.25, 0.3) is 0 Å². The summed E-state index contributed by atoms with van der Waals surface area (Å²) in [5, 5.41) is 3.39. The molecule has 2 heterocycles. The number of nitrogens with zero attached hydrogens (tertiary/aromatic N) is 2. The van der Waals surface area contributed by atoms with E-state index in [4.69, 9.17) is 10.7 Å². The Labute approximate surface area is 157 Å². The third-order valence-corrected chi connectivity index (χ3v) is 6.09. The van der Waals surface area contributed by atoms with Gasteiger partial charge in [0, 0.05) is 30.0 Å². The minimum absolute atomic E-state index is 0.298. The summed E-state index contributed by atoms with van der Waals surface area (Å²) in [6.45, 7) is 2.58. The number of nitrogens with two attached hydrogens (primary N) is 1. The Morgan fingerprint density at radius 2 is 1.88 bits per heavy atom. The number of halogens is 1. The molecule has 136 valence electrons. The standard InChI is InChI=1S/C20H23FN4S/c21-16-7-4-8-17-18(16)19(22)24-20(9-11-23-12-10-20)25(17)13-14-26-15-5-2-1-3-6-15/h1-8,23H,9-14H2,(H2,22,24). The fraction of sp³-hybridized carbons (Fsp3) is 0.350. The van der Waals surface area contributed by atoms with Crippen LogP contribution in [0.2, 0.25) is 0 Å². The van der Waals surface area contributed by atoms with Crippen LogP contribution in [0.25, 0.3) is 0 Å². The molecule has 0 unspecified atom stereocenters. The molecule has 2 aliphatic heterocycles. The molecule has 0 bridgehead atoms. The molecule has 4 rings (SSSR count). The average molecular weight is 370 g/mol. The topological polar surface area (TPSA) is 53.6 Å². The van der Waals surface area contributed by atoms with E-state index in [0.717, 1.165) is 43.9 Å². The van der Waals surface area contributed by atoms with Gasteiger partial charge in [0.15, 0.2) is 0 Å². The van der Waals surface area contributed by atoms with Gasteiger partial charge in [-0.15, -0.1) is 11.8 Å². The summed E-state index contributed by atoms with van der Waals surface area (Å²) in [6, 6.07) is 15.5. The summed E-state index contributed by atoms with van der Waals surface area (Å²) in [7, 11) is 0. The van der Waals surface area contributed by atoms with Crippen molar-refractivity contribution in [3.05, 3.63) is 59.9 Å². The molecule has 0 saturated carbocycles. The summed E-state index contributed by atoms with van der Waals surface area (Å²) >= 11 is 1.81. The van der Waals surface area contributed by atoms with Gasteiger partial charge < -0.3 is 16.0 Å². The molecule has 0 aliphatic carbocycles. The maximum absolute atomic E-state index is 14.4. The van der Waals surface area contributed by atoms with Crippen LogP contribution in [-0.4, -0.2) is 36.9 Å². The maximum Gasteiger partial charge on any atom is 0.136 e. The number of hydrogen-bond acceptors (Lipinski definition) is 5. The van der Waals surface area contributed by atoms with Gasteiger partial charge in [0.1, 0.15) is 17.3 Å². The normalized spacial score (nSPS) is 18.5. The second-order valence-electron chi connectivity index (χ2n) is 6.68. The monoisotopic (exact) mass is 370 g/mol. The highest BCUT2D eigenvalue weighted by molar-refractivity contribution is 7.99. The molecule has 26 heavy (non-hydrogen) atoms. The van der Waals surface area contributed by atoms with Crippen LogP contribution in [0.3, 0.4) is 0 Å². The van der Waals surface area contributed by atoms with Crippen LogP contribution < -0.4 is 16.0 Å². The van der Waals surface area contributed by atoms with Crippen LogP contribution in [0.1, 0.15) is 18.4 Å². The number of nitrogens with one attached hydrogen (secondary N) is 1. The quantitative estimate of drug-likeness (QED) is 0.812. The van der Waals surface area contributed by atoms with E-state index in [1.807, 2.05) is 36.0 Å². The van der Waals surface area contributed by atoms with E-state index in [1.165, 1.54) is 11.0 Å². The number of hydrogen-bond donors (Lipinski definition) is 2. The first-order valence-corrected chi connectivity index (χ1v) is 9.99.